The summed E-state index contributed by atoms with van der Waals surface area (Å²) in [5.41, 5.74) is 1.45. The van der Waals surface area contributed by atoms with Crippen LogP contribution in [0.25, 0.3) is 0 Å². The fourth-order valence-corrected chi connectivity index (χ4v) is 3.37. The maximum atomic E-state index is 11.1. The molecule has 0 spiro atoms. The summed E-state index contributed by atoms with van der Waals surface area (Å²) < 4.78 is 6.57. The van der Waals surface area contributed by atoms with Gasteiger partial charge in [0.25, 0.3) is 0 Å². The number of aromatic nitrogens is 1. The molecule has 5 nitrogen and oxygen atoms in total. The number of benzene rings is 1. The summed E-state index contributed by atoms with van der Waals surface area (Å²) in [5, 5.41) is 9.82. The van der Waals surface area contributed by atoms with Gasteiger partial charge in [0, 0.05) is 4.47 Å². The van der Waals surface area contributed by atoms with Crippen LogP contribution in [0.4, 0.5) is 10.8 Å². The number of hydrogen-bond donors (Lipinski definition) is 1. The highest BCUT2D eigenvalue weighted by molar-refractivity contribution is 9.10. The molecule has 0 aliphatic carbocycles. The number of aromatic carboxylic acids is 1. The molecule has 1 aliphatic rings. The number of ether oxygens (including phenoxy) is 1. The number of carboxylic acid groups (broad SMARTS) is 1. The van der Waals surface area contributed by atoms with E-state index in [1.807, 2.05) is 23.1 Å². The molecule has 0 atom stereocenters. The molecule has 20 heavy (non-hydrogen) atoms. The van der Waals surface area contributed by atoms with Gasteiger partial charge >= 0.3 is 5.97 Å². The van der Waals surface area contributed by atoms with E-state index < -0.39 is 5.97 Å². The van der Waals surface area contributed by atoms with Crippen molar-refractivity contribution >= 4 is 44.1 Å². The number of carbonyl (C=O) groups is 1. The molecule has 0 bridgehead atoms. The van der Waals surface area contributed by atoms with E-state index in [4.69, 9.17) is 9.84 Å². The van der Waals surface area contributed by atoms with Crippen LogP contribution in [0, 0.1) is 6.92 Å². The number of anilines is 2. The lowest BCUT2D eigenvalue weighted by Crippen LogP contribution is -2.28. The zero-order chi connectivity index (χ0) is 14.3. The minimum atomic E-state index is -0.935. The van der Waals surface area contributed by atoms with Gasteiger partial charge in [0.15, 0.2) is 5.13 Å². The van der Waals surface area contributed by atoms with Crippen LogP contribution in [-0.2, 0) is 0 Å². The van der Waals surface area contributed by atoms with Gasteiger partial charge in [-0.25, -0.2) is 9.78 Å². The first-order chi connectivity index (χ1) is 9.56. The van der Waals surface area contributed by atoms with E-state index in [-0.39, 0.29) is 4.88 Å². The highest BCUT2D eigenvalue weighted by Gasteiger charge is 2.24. The van der Waals surface area contributed by atoms with Gasteiger partial charge < -0.3 is 14.7 Å². The molecule has 0 amide bonds. The van der Waals surface area contributed by atoms with Gasteiger partial charge in [0.2, 0.25) is 0 Å². The number of hydrogen-bond acceptors (Lipinski definition) is 5. The molecular weight excluding hydrogens is 344 g/mol. The molecule has 2 aromatic rings. The van der Waals surface area contributed by atoms with Gasteiger partial charge in [-0.3, -0.25) is 0 Å². The van der Waals surface area contributed by atoms with Gasteiger partial charge in [-0.15, -0.1) is 0 Å². The molecule has 1 aromatic carbocycles. The van der Waals surface area contributed by atoms with Crippen molar-refractivity contribution in [1.82, 2.24) is 4.98 Å². The van der Waals surface area contributed by atoms with E-state index in [1.165, 1.54) is 11.3 Å². The molecule has 0 saturated heterocycles. The monoisotopic (exact) mass is 354 g/mol. The van der Waals surface area contributed by atoms with Crippen LogP contribution in [0.3, 0.4) is 0 Å². The third kappa shape index (κ3) is 2.27. The van der Waals surface area contributed by atoms with E-state index >= 15 is 0 Å². The number of fused-ring (bicyclic) bond motifs is 1. The first-order valence-electron chi connectivity index (χ1n) is 5.97. The summed E-state index contributed by atoms with van der Waals surface area (Å²) in [6.45, 7) is 2.91. The molecule has 0 unspecified atom stereocenters. The van der Waals surface area contributed by atoms with E-state index in [0.29, 0.717) is 24.0 Å². The maximum Gasteiger partial charge on any atom is 0.347 e. The largest absolute Gasteiger partial charge is 0.489 e. The molecular formula is C13H11BrN2O3S. The quantitative estimate of drug-likeness (QED) is 0.894. The number of halogens is 1. The topological polar surface area (TPSA) is 62.7 Å². The molecule has 104 valence electrons. The summed E-state index contributed by atoms with van der Waals surface area (Å²) in [6, 6.07) is 5.77. The Bertz CT molecular complexity index is 686. The predicted molar refractivity (Wildman–Crippen MR) is 80.5 cm³/mol. The van der Waals surface area contributed by atoms with Crippen LogP contribution in [0.2, 0.25) is 0 Å². The van der Waals surface area contributed by atoms with Crippen molar-refractivity contribution in [3.8, 4) is 5.75 Å². The Balaban J connectivity index is 2.04. The molecule has 3 rings (SSSR count). The Morgan fingerprint density at radius 3 is 3.05 bits per heavy atom. The fourth-order valence-electron chi connectivity index (χ4n) is 2.09. The molecule has 0 saturated carbocycles. The normalized spacial score (nSPS) is 13.8. The summed E-state index contributed by atoms with van der Waals surface area (Å²) in [4.78, 5) is 17.8. The van der Waals surface area contributed by atoms with Crippen LogP contribution >= 0.6 is 27.3 Å². The molecule has 0 fully saturated rings. The van der Waals surface area contributed by atoms with E-state index in [0.717, 1.165) is 15.9 Å². The lowest BCUT2D eigenvalue weighted by Gasteiger charge is -2.29. The molecule has 1 N–H and O–H groups in total. The highest BCUT2D eigenvalue weighted by Crippen LogP contribution is 2.40. The standard InChI is InChI=1S/C13H11BrN2O3S/c1-7-11(12(17)18)20-13(15-7)16-4-5-19-10-6-8(14)2-3-9(10)16/h2-3,6H,4-5H2,1H3,(H,17,18). The van der Waals surface area contributed by atoms with Crippen molar-refractivity contribution in [2.75, 3.05) is 18.1 Å². The van der Waals surface area contributed by atoms with Crippen molar-refractivity contribution in [3.05, 3.63) is 33.2 Å². The summed E-state index contributed by atoms with van der Waals surface area (Å²) in [5.74, 6) is -0.161. The maximum absolute atomic E-state index is 11.1. The van der Waals surface area contributed by atoms with Crippen molar-refractivity contribution in [2.45, 2.75) is 6.92 Å². The van der Waals surface area contributed by atoms with Gasteiger partial charge in [-0.1, -0.05) is 27.3 Å². The van der Waals surface area contributed by atoms with Gasteiger partial charge in [0.1, 0.15) is 17.2 Å². The summed E-state index contributed by atoms with van der Waals surface area (Å²) in [7, 11) is 0. The number of nitrogens with zero attached hydrogens (tertiary/aromatic N) is 2. The average Bonchev–Trinajstić information content (AvgIpc) is 2.79. The number of aryl methyl sites for hydroxylation is 1. The van der Waals surface area contributed by atoms with E-state index in [9.17, 15) is 4.79 Å². The zero-order valence-corrected chi connectivity index (χ0v) is 13.0. The van der Waals surface area contributed by atoms with Crippen LogP contribution in [0.5, 0.6) is 5.75 Å². The van der Waals surface area contributed by atoms with Crippen LogP contribution < -0.4 is 9.64 Å². The lowest BCUT2D eigenvalue weighted by atomic mass is 10.2. The minimum Gasteiger partial charge on any atom is -0.489 e. The van der Waals surface area contributed by atoms with Crippen LogP contribution in [0.1, 0.15) is 15.4 Å². The van der Waals surface area contributed by atoms with Crippen molar-refractivity contribution in [1.29, 1.82) is 0 Å². The second kappa shape index (κ2) is 5.06. The van der Waals surface area contributed by atoms with E-state index in [1.54, 1.807) is 6.92 Å². The molecule has 7 heteroatoms. The Hall–Kier alpha value is -1.60. The Morgan fingerprint density at radius 2 is 2.35 bits per heavy atom. The van der Waals surface area contributed by atoms with E-state index in [2.05, 4.69) is 20.9 Å². The number of thiazole rings is 1. The zero-order valence-electron chi connectivity index (χ0n) is 10.6. The van der Waals surface area contributed by atoms with Gasteiger partial charge in [-0.2, -0.15) is 0 Å². The molecule has 1 aromatic heterocycles. The Labute approximate surface area is 127 Å². The second-order valence-corrected chi connectivity index (χ2v) is 6.22. The van der Waals surface area contributed by atoms with Crippen molar-refractivity contribution < 1.29 is 14.6 Å². The first-order valence-corrected chi connectivity index (χ1v) is 7.58. The average molecular weight is 355 g/mol. The highest BCUT2D eigenvalue weighted by atomic mass is 79.9. The lowest BCUT2D eigenvalue weighted by molar-refractivity contribution is 0.0701. The van der Waals surface area contributed by atoms with Crippen LogP contribution in [0.15, 0.2) is 22.7 Å². The molecule has 0 radical (unpaired) electrons. The first kappa shape index (κ1) is 13.4. The molecule has 1 aliphatic heterocycles. The third-order valence-electron chi connectivity index (χ3n) is 3.00. The summed E-state index contributed by atoms with van der Waals surface area (Å²) >= 11 is 4.60. The SMILES string of the molecule is Cc1nc(N2CCOc3cc(Br)ccc32)sc1C(=O)O. The second-order valence-electron chi connectivity index (χ2n) is 4.33. The Morgan fingerprint density at radius 1 is 1.55 bits per heavy atom. The third-order valence-corrected chi connectivity index (χ3v) is 4.66. The van der Waals surface area contributed by atoms with Crippen molar-refractivity contribution in [2.24, 2.45) is 0 Å². The van der Waals surface area contributed by atoms with Gasteiger partial charge in [-0.05, 0) is 25.1 Å². The van der Waals surface area contributed by atoms with Crippen molar-refractivity contribution in [3.63, 3.8) is 0 Å². The molecule has 2 heterocycles. The smallest absolute Gasteiger partial charge is 0.347 e. The predicted octanol–water partition coefficient (Wildman–Crippen LogP) is 3.44. The van der Waals surface area contributed by atoms with Crippen LogP contribution in [-0.4, -0.2) is 29.2 Å². The minimum absolute atomic E-state index is 0.283. The number of rotatable bonds is 2. The Kier molecular flexibility index (Phi) is 3.39. The fraction of sp³-hybridized carbons (Fsp3) is 0.231. The van der Waals surface area contributed by atoms with Gasteiger partial charge in [0.05, 0.1) is 17.9 Å². The number of carboxylic acids is 1. The summed E-state index contributed by atoms with van der Waals surface area (Å²) in [6.07, 6.45) is 0.